The van der Waals surface area contributed by atoms with Gasteiger partial charge in [-0.1, -0.05) is 18.9 Å². The van der Waals surface area contributed by atoms with E-state index >= 15 is 0 Å². The third kappa shape index (κ3) is 4.99. The summed E-state index contributed by atoms with van der Waals surface area (Å²) in [5.74, 6) is 0.821. The molecule has 9 heteroatoms. The van der Waals surface area contributed by atoms with Crippen LogP contribution in [0.5, 0.6) is 0 Å². The largest absolute Gasteiger partial charge is 0.467 e. The molecule has 2 aromatic rings. The quantitative estimate of drug-likeness (QED) is 0.524. The molecular weight excluding hydrogens is 412 g/mol. The minimum absolute atomic E-state index is 0.00626. The van der Waals surface area contributed by atoms with Crippen molar-refractivity contribution in [2.75, 3.05) is 26.2 Å². The van der Waals surface area contributed by atoms with Gasteiger partial charge in [-0.3, -0.25) is 24.6 Å². The molecule has 2 aliphatic rings. The van der Waals surface area contributed by atoms with E-state index in [1.165, 1.54) is 18.2 Å². The van der Waals surface area contributed by atoms with Crippen LogP contribution in [0.25, 0.3) is 0 Å². The molecule has 4 rings (SSSR count). The van der Waals surface area contributed by atoms with E-state index in [2.05, 4.69) is 10.2 Å². The van der Waals surface area contributed by atoms with E-state index in [1.54, 1.807) is 23.3 Å². The first-order valence-electron chi connectivity index (χ1n) is 11.1. The maximum Gasteiger partial charge on any atom is 0.270 e. The number of nitro benzene ring substituents is 1. The van der Waals surface area contributed by atoms with Crippen molar-refractivity contribution in [1.29, 1.82) is 0 Å². The smallest absolute Gasteiger partial charge is 0.270 e. The van der Waals surface area contributed by atoms with E-state index in [9.17, 15) is 19.7 Å². The Morgan fingerprint density at radius 1 is 1.12 bits per heavy atom. The molecule has 1 aliphatic carbocycles. The second-order valence-corrected chi connectivity index (χ2v) is 8.42. The van der Waals surface area contributed by atoms with Gasteiger partial charge in [-0.15, -0.1) is 0 Å². The average Bonchev–Trinajstić information content (AvgIpc) is 3.53. The second kappa shape index (κ2) is 9.95. The highest BCUT2D eigenvalue weighted by atomic mass is 16.6. The number of nitrogens with zero attached hydrogens (tertiary/aromatic N) is 3. The number of rotatable bonds is 7. The molecule has 1 aliphatic heterocycles. The lowest BCUT2D eigenvalue weighted by Crippen LogP contribution is -2.57. The zero-order valence-corrected chi connectivity index (χ0v) is 17.9. The van der Waals surface area contributed by atoms with Gasteiger partial charge in [-0.2, -0.15) is 0 Å². The second-order valence-electron chi connectivity index (χ2n) is 8.42. The van der Waals surface area contributed by atoms with Gasteiger partial charge in [0.15, 0.2) is 0 Å². The predicted molar refractivity (Wildman–Crippen MR) is 117 cm³/mol. The zero-order valence-electron chi connectivity index (χ0n) is 17.9. The van der Waals surface area contributed by atoms with Crippen LogP contribution in [0.15, 0.2) is 47.1 Å². The number of piperazine rings is 1. The molecule has 1 saturated heterocycles. The summed E-state index contributed by atoms with van der Waals surface area (Å²) in [6.07, 6.45) is 5.93. The molecule has 0 unspecified atom stereocenters. The number of hydrogen-bond donors (Lipinski definition) is 1. The van der Waals surface area contributed by atoms with Crippen LogP contribution in [0.3, 0.4) is 0 Å². The predicted octanol–water partition coefficient (Wildman–Crippen LogP) is 2.82. The van der Waals surface area contributed by atoms with Crippen molar-refractivity contribution < 1.29 is 18.9 Å². The van der Waals surface area contributed by atoms with E-state index in [4.69, 9.17) is 4.42 Å². The maximum atomic E-state index is 13.1. The highest BCUT2D eigenvalue weighted by molar-refractivity contribution is 5.95. The topological polar surface area (TPSA) is 109 Å². The summed E-state index contributed by atoms with van der Waals surface area (Å²) in [5.41, 5.74) is 0.222. The highest BCUT2D eigenvalue weighted by Crippen LogP contribution is 2.31. The third-order valence-corrected chi connectivity index (χ3v) is 6.43. The lowest BCUT2D eigenvalue weighted by Gasteiger charge is -2.40. The molecule has 0 spiro atoms. The lowest BCUT2D eigenvalue weighted by molar-refractivity contribution is -0.384. The molecule has 2 fully saturated rings. The minimum Gasteiger partial charge on any atom is -0.467 e. The SMILES string of the molecule is O=C(NCc1ccco1)[C@H](C1CCCC1)N1CCN(C(=O)c2cccc([N+](=O)[O-])c2)CC1. The summed E-state index contributed by atoms with van der Waals surface area (Å²) in [5, 5.41) is 14.0. The number of carbonyl (C=O) groups is 2. The van der Waals surface area contributed by atoms with Gasteiger partial charge in [0.1, 0.15) is 5.76 Å². The van der Waals surface area contributed by atoms with Gasteiger partial charge in [-0.25, -0.2) is 0 Å². The minimum atomic E-state index is -0.498. The highest BCUT2D eigenvalue weighted by Gasteiger charge is 2.37. The van der Waals surface area contributed by atoms with Crippen LogP contribution in [0.4, 0.5) is 5.69 Å². The Labute approximate surface area is 186 Å². The van der Waals surface area contributed by atoms with Crippen molar-refractivity contribution >= 4 is 17.5 Å². The number of nitrogens with one attached hydrogen (secondary N) is 1. The van der Waals surface area contributed by atoms with Gasteiger partial charge < -0.3 is 14.6 Å². The third-order valence-electron chi connectivity index (χ3n) is 6.43. The molecule has 9 nitrogen and oxygen atoms in total. The molecule has 0 radical (unpaired) electrons. The zero-order chi connectivity index (χ0) is 22.5. The summed E-state index contributed by atoms with van der Waals surface area (Å²) in [7, 11) is 0. The van der Waals surface area contributed by atoms with Crippen LogP contribution in [0.2, 0.25) is 0 Å². The van der Waals surface area contributed by atoms with Crippen LogP contribution in [0, 0.1) is 16.0 Å². The monoisotopic (exact) mass is 440 g/mol. The van der Waals surface area contributed by atoms with Gasteiger partial charge in [0.05, 0.1) is 23.8 Å². The van der Waals surface area contributed by atoms with Gasteiger partial charge in [0, 0.05) is 43.9 Å². The van der Waals surface area contributed by atoms with E-state index in [0.717, 1.165) is 31.4 Å². The summed E-state index contributed by atoms with van der Waals surface area (Å²) < 4.78 is 5.33. The van der Waals surface area contributed by atoms with Crippen LogP contribution >= 0.6 is 0 Å². The molecule has 1 aromatic heterocycles. The van der Waals surface area contributed by atoms with E-state index < -0.39 is 4.92 Å². The Bertz CT molecular complexity index is 947. The molecule has 2 amide bonds. The Hall–Kier alpha value is -3.20. The van der Waals surface area contributed by atoms with Gasteiger partial charge in [-0.05, 0) is 37.0 Å². The number of furan rings is 1. The van der Waals surface area contributed by atoms with Gasteiger partial charge in [0.25, 0.3) is 11.6 Å². The van der Waals surface area contributed by atoms with E-state index in [1.807, 2.05) is 6.07 Å². The summed E-state index contributed by atoms with van der Waals surface area (Å²) in [4.78, 5) is 40.4. The lowest BCUT2D eigenvalue weighted by atomic mass is 9.95. The van der Waals surface area contributed by atoms with Crippen molar-refractivity contribution in [2.45, 2.75) is 38.3 Å². The Kier molecular flexibility index (Phi) is 6.84. The Morgan fingerprint density at radius 2 is 1.88 bits per heavy atom. The first-order chi connectivity index (χ1) is 15.5. The van der Waals surface area contributed by atoms with E-state index in [-0.39, 0.29) is 23.5 Å². The summed E-state index contributed by atoms with van der Waals surface area (Å²) in [6, 6.07) is 9.24. The number of nitro groups is 1. The summed E-state index contributed by atoms with van der Waals surface area (Å²) >= 11 is 0. The molecule has 1 saturated carbocycles. The van der Waals surface area contributed by atoms with Crippen LogP contribution in [-0.4, -0.2) is 58.8 Å². The molecule has 170 valence electrons. The van der Waals surface area contributed by atoms with Crippen molar-refractivity contribution in [3.63, 3.8) is 0 Å². The van der Waals surface area contributed by atoms with Gasteiger partial charge >= 0.3 is 0 Å². The molecular formula is C23H28N4O5. The normalized spacial score (nSPS) is 18.4. The van der Waals surface area contributed by atoms with Gasteiger partial charge in [0.2, 0.25) is 5.91 Å². The molecule has 2 heterocycles. The number of non-ortho nitro benzene ring substituents is 1. The number of benzene rings is 1. The molecule has 0 bridgehead atoms. The van der Waals surface area contributed by atoms with Crippen molar-refractivity contribution in [3.05, 3.63) is 64.1 Å². The fourth-order valence-electron chi connectivity index (χ4n) is 4.78. The maximum absolute atomic E-state index is 13.1. The number of amides is 2. The fourth-order valence-corrected chi connectivity index (χ4v) is 4.78. The fraction of sp³-hybridized carbons (Fsp3) is 0.478. The molecule has 1 aromatic carbocycles. The van der Waals surface area contributed by atoms with Crippen molar-refractivity contribution in [1.82, 2.24) is 15.1 Å². The number of hydrogen-bond acceptors (Lipinski definition) is 6. The first-order valence-corrected chi connectivity index (χ1v) is 11.1. The van der Waals surface area contributed by atoms with Crippen molar-refractivity contribution in [2.24, 2.45) is 5.92 Å². The Morgan fingerprint density at radius 3 is 2.53 bits per heavy atom. The number of carbonyl (C=O) groups excluding carboxylic acids is 2. The molecule has 1 atom stereocenters. The van der Waals surface area contributed by atoms with Crippen molar-refractivity contribution in [3.8, 4) is 0 Å². The van der Waals surface area contributed by atoms with Crippen LogP contribution in [-0.2, 0) is 11.3 Å². The molecule has 32 heavy (non-hydrogen) atoms. The average molecular weight is 441 g/mol. The van der Waals surface area contributed by atoms with E-state index in [0.29, 0.717) is 44.2 Å². The first kappa shape index (κ1) is 22.0. The Balaban J connectivity index is 1.39. The van der Waals surface area contributed by atoms with Crippen LogP contribution in [0.1, 0.15) is 41.8 Å². The molecule has 1 N–H and O–H groups in total. The van der Waals surface area contributed by atoms with Crippen LogP contribution < -0.4 is 5.32 Å². The standard InChI is InChI=1S/C23H28N4O5/c28-22(24-16-20-9-4-14-32-20)21(17-5-1-2-6-17)25-10-12-26(13-11-25)23(29)18-7-3-8-19(15-18)27(30)31/h3-4,7-9,14-15,17,21H,1-2,5-6,10-13,16H2,(H,24,28)/t21-/m0/s1. The summed E-state index contributed by atoms with van der Waals surface area (Å²) in [6.45, 7) is 2.51.